The molecule has 1 atom stereocenters. The summed E-state index contributed by atoms with van der Waals surface area (Å²) in [5.74, 6) is 1.06. The van der Waals surface area contributed by atoms with Crippen LogP contribution < -0.4 is 4.74 Å². The molecule has 1 aliphatic carbocycles. The van der Waals surface area contributed by atoms with Gasteiger partial charge in [0.2, 0.25) is 0 Å². The smallest absolute Gasteiger partial charge is 0.416 e. The monoisotopic (exact) mass is 451 g/mol. The number of hydrogen-bond acceptors (Lipinski definition) is 2. The quantitative estimate of drug-likeness (QED) is 0.451. The number of alkyl halides is 3. The summed E-state index contributed by atoms with van der Waals surface area (Å²) in [6.45, 7) is 3.81. The van der Waals surface area contributed by atoms with Crippen molar-refractivity contribution in [1.29, 1.82) is 0 Å². The van der Waals surface area contributed by atoms with E-state index in [-0.39, 0.29) is 5.41 Å². The van der Waals surface area contributed by atoms with Crippen LogP contribution in [0.2, 0.25) is 5.02 Å². The van der Waals surface area contributed by atoms with Gasteiger partial charge in [-0.3, -0.25) is 0 Å². The molecule has 0 N–H and O–H groups in total. The summed E-state index contributed by atoms with van der Waals surface area (Å²) in [5.41, 5.74) is 1.01. The van der Waals surface area contributed by atoms with Crippen molar-refractivity contribution in [2.45, 2.75) is 50.1 Å². The molecule has 2 aliphatic rings. The number of hydrogen-bond donors (Lipinski definition) is 0. The second kappa shape index (κ2) is 9.41. The first-order valence-electron chi connectivity index (χ1n) is 11.1. The number of rotatable bonds is 7. The van der Waals surface area contributed by atoms with Crippen LogP contribution in [0.25, 0.3) is 0 Å². The molecule has 0 amide bonds. The van der Waals surface area contributed by atoms with E-state index in [1.165, 1.54) is 49.8 Å². The SMILES string of the molecule is FC(F)(F)c1ccc(OCCC2CCCN(CC3(c4ccc(Cl)cc4)CCC3)C2)cc1. The lowest BCUT2D eigenvalue weighted by atomic mass is 9.64. The van der Waals surface area contributed by atoms with Crippen LogP contribution in [0.1, 0.15) is 49.7 Å². The molecule has 0 aromatic heterocycles. The van der Waals surface area contributed by atoms with Crippen molar-refractivity contribution in [3.8, 4) is 5.75 Å². The van der Waals surface area contributed by atoms with Crippen molar-refractivity contribution in [3.05, 3.63) is 64.7 Å². The first-order chi connectivity index (χ1) is 14.8. The second-order valence-corrected chi connectivity index (χ2v) is 9.48. The van der Waals surface area contributed by atoms with Gasteiger partial charge in [-0.05, 0) is 86.5 Å². The van der Waals surface area contributed by atoms with Gasteiger partial charge in [0.05, 0.1) is 12.2 Å². The molecular weight excluding hydrogens is 423 g/mol. The number of benzene rings is 2. The maximum absolute atomic E-state index is 12.7. The molecule has 0 bridgehead atoms. The Morgan fingerprint density at radius 1 is 1.00 bits per heavy atom. The number of ether oxygens (including phenoxy) is 1. The van der Waals surface area contributed by atoms with Crippen molar-refractivity contribution < 1.29 is 17.9 Å². The lowest BCUT2D eigenvalue weighted by molar-refractivity contribution is -0.137. The van der Waals surface area contributed by atoms with E-state index in [0.29, 0.717) is 18.3 Å². The zero-order valence-corrected chi connectivity index (χ0v) is 18.4. The van der Waals surface area contributed by atoms with Crippen molar-refractivity contribution in [3.63, 3.8) is 0 Å². The van der Waals surface area contributed by atoms with Crippen LogP contribution in [-0.4, -0.2) is 31.1 Å². The second-order valence-electron chi connectivity index (χ2n) is 9.04. The number of nitrogens with zero attached hydrogens (tertiary/aromatic N) is 1. The lowest BCUT2D eigenvalue weighted by Crippen LogP contribution is -2.48. The van der Waals surface area contributed by atoms with E-state index >= 15 is 0 Å². The molecule has 4 rings (SSSR count). The van der Waals surface area contributed by atoms with Gasteiger partial charge in [0.15, 0.2) is 0 Å². The Kier molecular flexibility index (Phi) is 6.83. The van der Waals surface area contributed by atoms with Crippen molar-refractivity contribution >= 4 is 11.6 Å². The van der Waals surface area contributed by atoms with Crippen LogP contribution in [-0.2, 0) is 11.6 Å². The summed E-state index contributed by atoms with van der Waals surface area (Å²) < 4.78 is 43.7. The third-order valence-electron chi connectivity index (χ3n) is 6.87. The molecule has 0 spiro atoms. The highest BCUT2D eigenvalue weighted by Crippen LogP contribution is 2.45. The van der Waals surface area contributed by atoms with Gasteiger partial charge in [0, 0.05) is 23.5 Å². The molecule has 1 unspecified atom stereocenters. The molecule has 2 aromatic carbocycles. The van der Waals surface area contributed by atoms with E-state index in [1.54, 1.807) is 0 Å². The van der Waals surface area contributed by atoms with E-state index in [4.69, 9.17) is 16.3 Å². The molecular formula is C25H29ClF3NO. The fourth-order valence-electron chi connectivity index (χ4n) is 4.99. The highest BCUT2D eigenvalue weighted by atomic mass is 35.5. The average molecular weight is 452 g/mol. The summed E-state index contributed by atoms with van der Waals surface area (Å²) in [6.07, 6.45) is 2.71. The van der Waals surface area contributed by atoms with Crippen LogP contribution >= 0.6 is 11.6 Å². The van der Waals surface area contributed by atoms with Gasteiger partial charge in [-0.2, -0.15) is 13.2 Å². The summed E-state index contributed by atoms with van der Waals surface area (Å²) in [7, 11) is 0. The van der Waals surface area contributed by atoms with Gasteiger partial charge in [0.1, 0.15) is 5.75 Å². The fourth-order valence-corrected chi connectivity index (χ4v) is 5.11. The van der Waals surface area contributed by atoms with Crippen LogP contribution in [0.3, 0.4) is 0 Å². The van der Waals surface area contributed by atoms with Crippen LogP contribution in [0.4, 0.5) is 13.2 Å². The maximum Gasteiger partial charge on any atom is 0.416 e. The predicted octanol–water partition coefficient (Wildman–Crippen LogP) is 6.96. The molecule has 2 fully saturated rings. The molecule has 2 aromatic rings. The molecule has 1 aliphatic heterocycles. The minimum absolute atomic E-state index is 0.253. The Hall–Kier alpha value is -1.72. The average Bonchev–Trinajstić information content (AvgIpc) is 2.72. The van der Waals surface area contributed by atoms with Gasteiger partial charge < -0.3 is 9.64 Å². The van der Waals surface area contributed by atoms with Crippen molar-refractivity contribution in [1.82, 2.24) is 4.90 Å². The Balaban J connectivity index is 1.27. The maximum atomic E-state index is 12.7. The highest BCUT2D eigenvalue weighted by Gasteiger charge is 2.40. The van der Waals surface area contributed by atoms with E-state index < -0.39 is 11.7 Å². The highest BCUT2D eigenvalue weighted by molar-refractivity contribution is 6.30. The zero-order chi connectivity index (χ0) is 21.9. The normalized spacial score (nSPS) is 21.5. The van der Waals surface area contributed by atoms with Crippen molar-refractivity contribution in [2.75, 3.05) is 26.2 Å². The topological polar surface area (TPSA) is 12.5 Å². The molecule has 6 heteroatoms. The van der Waals surface area contributed by atoms with E-state index in [1.807, 2.05) is 12.1 Å². The number of halogens is 4. The van der Waals surface area contributed by atoms with Gasteiger partial charge in [-0.25, -0.2) is 0 Å². The first-order valence-corrected chi connectivity index (χ1v) is 11.5. The molecule has 168 valence electrons. The van der Waals surface area contributed by atoms with Crippen LogP contribution in [0.5, 0.6) is 5.75 Å². The summed E-state index contributed by atoms with van der Waals surface area (Å²) in [6, 6.07) is 13.3. The molecule has 31 heavy (non-hydrogen) atoms. The summed E-state index contributed by atoms with van der Waals surface area (Å²) in [5, 5.41) is 0.782. The lowest BCUT2D eigenvalue weighted by Gasteiger charge is -2.47. The minimum Gasteiger partial charge on any atom is -0.494 e. The van der Waals surface area contributed by atoms with Gasteiger partial charge in [-0.15, -0.1) is 0 Å². The largest absolute Gasteiger partial charge is 0.494 e. The molecule has 1 saturated carbocycles. The summed E-state index contributed by atoms with van der Waals surface area (Å²) >= 11 is 6.08. The van der Waals surface area contributed by atoms with Gasteiger partial charge in [0.25, 0.3) is 0 Å². The Labute approximate surface area is 187 Å². The Morgan fingerprint density at radius 3 is 2.32 bits per heavy atom. The molecule has 1 saturated heterocycles. The third-order valence-corrected chi connectivity index (χ3v) is 7.13. The van der Waals surface area contributed by atoms with E-state index in [0.717, 1.165) is 43.2 Å². The predicted molar refractivity (Wildman–Crippen MR) is 118 cm³/mol. The van der Waals surface area contributed by atoms with E-state index in [9.17, 15) is 13.2 Å². The van der Waals surface area contributed by atoms with Crippen molar-refractivity contribution in [2.24, 2.45) is 5.92 Å². The number of likely N-dealkylation sites (tertiary alicyclic amines) is 1. The van der Waals surface area contributed by atoms with Gasteiger partial charge in [-0.1, -0.05) is 30.2 Å². The zero-order valence-electron chi connectivity index (χ0n) is 17.6. The molecule has 1 heterocycles. The standard InChI is InChI=1S/C25H29ClF3NO/c26-22-8-4-20(5-9-22)24(13-2-14-24)18-30-15-1-3-19(17-30)12-16-31-23-10-6-21(7-11-23)25(27,28)29/h4-11,19H,1-3,12-18H2. The Morgan fingerprint density at radius 2 is 1.71 bits per heavy atom. The van der Waals surface area contributed by atoms with E-state index in [2.05, 4.69) is 17.0 Å². The number of piperidine rings is 1. The fraction of sp³-hybridized carbons (Fsp3) is 0.520. The first kappa shape index (κ1) is 22.5. The summed E-state index contributed by atoms with van der Waals surface area (Å²) in [4.78, 5) is 2.60. The molecule has 0 radical (unpaired) electrons. The minimum atomic E-state index is -4.31. The third kappa shape index (κ3) is 5.56. The Bertz CT molecular complexity index is 847. The van der Waals surface area contributed by atoms with Crippen LogP contribution in [0, 0.1) is 5.92 Å². The molecule has 2 nitrogen and oxygen atoms in total. The van der Waals surface area contributed by atoms with Gasteiger partial charge >= 0.3 is 6.18 Å². The van der Waals surface area contributed by atoms with Crippen LogP contribution in [0.15, 0.2) is 48.5 Å².